The number of nitrogens with one attached hydrogen (secondary N) is 3. The van der Waals surface area contributed by atoms with Gasteiger partial charge >= 0.3 is 6.03 Å². The van der Waals surface area contributed by atoms with Gasteiger partial charge in [0.1, 0.15) is 11.6 Å². The molecule has 112 valence electrons. The topological polar surface area (TPSA) is 78.9 Å². The van der Waals surface area contributed by atoms with Crippen molar-refractivity contribution in [3.8, 4) is 0 Å². The minimum absolute atomic E-state index is 0.376. The summed E-state index contributed by atoms with van der Waals surface area (Å²) in [5.41, 5.74) is 0.859. The molecular formula is C13H16ClN5OS. The Bertz CT molecular complexity index is 616. The third kappa shape index (κ3) is 5.30. The van der Waals surface area contributed by atoms with Gasteiger partial charge in [-0.3, -0.25) is 10.6 Å². The molecular weight excluding hydrogens is 310 g/mol. The van der Waals surface area contributed by atoms with Crippen molar-refractivity contribution in [1.82, 2.24) is 15.3 Å². The van der Waals surface area contributed by atoms with E-state index in [1.54, 1.807) is 11.4 Å². The summed E-state index contributed by atoms with van der Waals surface area (Å²) in [6, 6.07) is 5.45. The largest absolute Gasteiger partial charge is 0.326 e. The molecule has 2 aromatic heterocycles. The Labute approximate surface area is 132 Å². The van der Waals surface area contributed by atoms with Crippen LogP contribution in [0.3, 0.4) is 0 Å². The fraction of sp³-hybridized carbons (Fsp3) is 0.308. The lowest BCUT2D eigenvalue weighted by atomic mass is 10.3. The molecule has 0 atom stereocenters. The first-order valence-corrected chi connectivity index (χ1v) is 7.67. The lowest BCUT2D eigenvalue weighted by Crippen LogP contribution is -2.23. The van der Waals surface area contributed by atoms with E-state index in [1.165, 1.54) is 11.3 Å². The lowest BCUT2D eigenvalue weighted by molar-refractivity contribution is 0.262. The molecule has 0 aromatic carbocycles. The molecule has 0 radical (unpaired) electrons. The highest BCUT2D eigenvalue weighted by molar-refractivity contribution is 7.14. The molecule has 6 nitrogen and oxygen atoms in total. The van der Waals surface area contributed by atoms with Crippen molar-refractivity contribution in [2.75, 3.05) is 10.6 Å². The van der Waals surface area contributed by atoms with E-state index in [0.717, 1.165) is 5.69 Å². The van der Waals surface area contributed by atoms with E-state index in [4.69, 9.17) is 11.6 Å². The predicted octanol–water partition coefficient (Wildman–Crippen LogP) is 3.33. The molecule has 2 rings (SSSR count). The zero-order valence-electron chi connectivity index (χ0n) is 11.7. The molecule has 0 aliphatic rings. The van der Waals surface area contributed by atoms with E-state index in [9.17, 15) is 4.79 Å². The maximum atomic E-state index is 11.8. The minimum Gasteiger partial charge on any atom is -0.309 e. The van der Waals surface area contributed by atoms with Crippen LogP contribution < -0.4 is 16.0 Å². The van der Waals surface area contributed by atoms with Crippen LogP contribution in [0.4, 0.5) is 16.4 Å². The number of anilines is 2. The maximum Gasteiger partial charge on any atom is 0.326 e. The second-order valence-electron chi connectivity index (χ2n) is 4.61. The van der Waals surface area contributed by atoms with Gasteiger partial charge in [0.25, 0.3) is 0 Å². The molecule has 0 fully saturated rings. The van der Waals surface area contributed by atoms with Gasteiger partial charge in [0.05, 0.1) is 5.69 Å². The van der Waals surface area contributed by atoms with Gasteiger partial charge in [-0.15, -0.1) is 11.3 Å². The number of carbonyl (C=O) groups excluding carboxylic acids is 1. The number of urea groups is 1. The average Bonchev–Trinajstić information content (AvgIpc) is 2.82. The average molecular weight is 326 g/mol. The SMILES string of the molecule is CC(C)NCc1cccc(NC(=O)Nc2csc(Cl)n2)n1. The number of hydrogen-bond donors (Lipinski definition) is 3. The molecule has 0 aliphatic heterocycles. The first-order valence-electron chi connectivity index (χ1n) is 6.41. The molecule has 8 heteroatoms. The number of pyridine rings is 1. The summed E-state index contributed by atoms with van der Waals surface area (Å²) < 4.78 is 0.380. The summed E-state index contributed by atoms with van der Waals surface area (Å²) in [6.07, 6.45) is 0. The van der Waals surface area contributed by atoms with Crippen LogP contribution in [-0.2, 0) is 6.54 Å². The van der Waals surface area contributed by atoms with Crippen LogP contribution in [0.25, 0.3) is 0 Å². The fourth-order valence-electron chi connectivity index (χ4n) is 1.53. The van der Waals surface area contributed by atoms with E-state index in [-0.39, 0.29) is 0 Å². The second kappa shape index (κ2) is 7.35. The van der Waals surface area contributed by atoms with E-state index < -0.39 is 6.03 Å². The minimum atomic E-state index is -0.404. The van der Waals surface area contributed by atoms with Gasteiger partial charge in [-0.2, -0.15) is 0 Å². The first kappa shape index (κ1) is 15.7. The zero-order chi connectivity index (χ0) is 15.2. The normalized spacial score (nSPS) is 10.7. The Morgan fingerprint density at radius 1 is 1.29 bits per heavy atom. The van der Waals surface area contributed by atoms with Crippen molar-refractivity contribution in [2.45, 2.75) is 26.4 Å². The molecule has 0 bridgehead atoms. The van der Waals surface area contributed by atoms with Crippen molar-refractivity contribution in [2.24, 2.45) is 0 Å². The molecule has 0 spiro atoms. The summed E-state index contributed by atoms with van der Waals surface area (Å²) in [7, 11) is 0. The van der Waals surface area contributed by atoms with Crippen molar-refractivity contribution >= 4 is 40.6 Å². The molecule has 0 saturated heterocycles. The van der Waals surface area contributed by atoms with Crippen molar-refractivity contribution in [3.05, 3.63) is 33.7 Å². The Morgan fingerprint density at radius 2 is 2.05 bits per heavy atom. The number of amides is 2. The lowest BCUT2D eigenvalue weighted by Gasteiger charge is -2.09. The highest BCUT2D eigenvalue weighted by atomic mass is 35.5. The molecule has 0 aliphatic carbocycles. The van der Waals surface area contributed by atoms with Crippen LogP contribution in [0.1, 0.15) is 19.5 Å². The number of carbonyl (C=O) groups is 1. The predicted molar refractivity (Wildman–Crippen MR) is 86.0 cm³/mol. The zero-order valence-corrected chi connectivity index (χ0v) is 13.3. The van der Waals surface area contributed by atoms with Crippen LogP contribution in [0.15, 0.2) is 23.6 Å². The quantitative estimate of drug-likeness (QED) is 0.787. The monoisotopic (exact) mass is 325 g/mol. The number of hydrogen-bond acceptors (Lipinski definition) is 5. The molecule has 2 amide bonds. The number of rotatable bonds is 5. The summed E-state index contributed by atoms with van der Waals surface area (Å²) in [5.74, 6) is 0.900. The van der Waals surface area contributed by atoms with Gasteiger partial charge in [0.2, 0.25) is 0 Å². The van der Waals surface area contributed by atoms with Gasteiger partial charge in [0, 0.05) is 18.0 Å². The molecule has 0 unspecified atom stereocenters. The Morgan fingerprint density at radius 3 is 2.71 bits per heavy atom. The Kier molecular flexibility index (Phi) is 5.49. The van der Waals surface area contributed by atoms with Crippen molar-refractivity contribution in [3.63, 3.8) is 0 Å². The van der Waals surface area contributed by atoms with Gasteiger partial charge in [0.15, 0.2) is 4.47 Å². The summed E-state index contributed by atoms with van der Waals surface area (Å²) >= 11 is 6.95. The van der Waals surface area contributed by atoms with Gasteiger partial charge in [-0.25, -0.2) is 14.8 Å². The van der Waals surface area contributed by atoms with Crippen molar-refractivity contribution < 1.29 is 4.79 Å². The third-order valence-corrected chi connectivity index (χ3v) is 3.44. The molecule has 3 N–H and O–H groups in total. The van der Waals surface area contributed by atoms with Crippen LogP contribution in [0, 0.1) is 0 Å². The standard InChI is InChI=1S/C13H16ClN5OS/c1-8(2)15-6-9-4-3-5-10(16-9)18-13(20)19-11-7-21-12(14)17-11/h3-5,7-8,15H,6H2,1-2H3,(H2,16,18,19,20). The highest BCUT2D eigenvalue weighted by Gasteiger charge is 2.07. The second-order valence-corrected chi connectivity index (χ2v) is 6.05. The van der Waals surface area contributed by atoms with Crippen LogP contribution in [0.2, 0.25) is 4.47 Å². The van der Waals surface area contributed by atoms with Crippen LogP contribution in [-0.4, -0.2) is 22.0 Å². The highest BCUT2D eigenvalue weighted by Crippen LogP contribution is 2.18. The van der Waals surface area contributed by atoms with E-state index in [1.807, 2.05) is 12.1 Å². The fourth-order valence-corrected chi connectivity index (χ4v) is 2.23. The summed E-state index contributed by atoms with van der Waals surface area (Å²) in [5, 5.41) is 10.2. The number of thiazole rings is 1. The van der Waals surface area contributed by atoms with Gasteiger partial charge in [-0.1, -0.05) is 31.5 Å². The van der Waals surface area contributed by atoms with Gasteiger partial charge < -0.3 is 5.32 Å². The number of aromatic nitrogens is 2. The summed E-state index contributed by atoms with van der Waals surface area (Å²) in [4.78, 5) is 20.1. The third-order valence-electron chi connectivity index (χ3n) is 2.46. The molecule has 0 saturated carbocycles. The van der Waals surface area contributed by atoms with Crippen LogP contribution >= 0.6 is 22.9 Å². The van der Waals surface area contributed by atoms with Crippen LogP contribution in [0.5, 0.6) is 0 Å². The molecule has 2 heterocycles. The number of halogens is 1. The summed E-state index contributed by atoms with van der Waals surface area (Å²) in [6.45, 7) is 4.78. The van der Waals surface area contributed by atoms with E-state index in [2.05, 4.69) is 39.8 Å². The Hall–Kier alpha value is -1.70. The van der Waals surface area contributed by atoms with E-state index in [0.29, 0.717) is 28.7 Å². The van der Waals surface area contributed by atoms with Crippen molar-refractivity contribution in [1.29, 1.82) is 0 Å². The maximum absolute atomic E-state index is 11.8. The number of nitrogens with zero attached hydrogens (tertiary/aromatic N) is 2. The molecule has 2 aromatic rings. The Balaban J connectivity index is 1.92. The smallest absolute Gasteiger partial charge is 0.309 e. The van der Waals surface area contributed by atoms with E-state index >= 15 is 0 Å². The first-order chi connectivity index (χ1) is 10.0. The molecule has 21 heavy (non-hydrogen) atoms. The van der Waals surface area contributed by atoms with Gasteiger partial charge in [-0.05, 0) is 12.1 Å².